The summed E-state index contributed by atoms with van der Waals surface area (Å²) >= 11 is 0. The van der Waals surface area contributed by atoms with Gasteiger partial charge in [-0.2, -0.15) is 0 Å². The Morgan fingerprint density at radius 1 is 1.47 bits per heavy atom. The predicted octanol–water partition coefficient (Wildman–Crippen LogP) is 1.80. The number of rotatable bonds is 3. The molecule has 3 nitrogen and oxygen atoms in total. The van der Waals surface area contributed by atoms with Gasteiger partial charge in [-0.05, 0) is 23.6 Å². The number of hydrogen-bond acceptors (Lipinski definition) is 2. The van der Waals surface area contributed by atoms with Crippen LogP contribution in [-0.2, 0) is 12.9 Å². The van der Waals surface area contributed by atoms with Gasteiger partial charge >= 0.3 is 0 Å². The molecule has 1 heterocycles. The van der Waals surface area contributed by atoms with Crippen LogP contribution in [0.1, 0.15) is 27.9 Å². The zero-order chi connectivity index (χ0) is 14.3. The molecule has 0 aliphatic heterocycles. The summed E-state index contributed by atoms with van der Waals surface area (Å²) in [5, 5.41) is 9.48. The minimum Gasteiger partial charge on any atom is -0.392 e. The monoisotopic (exact) mass is 206 g/mol. The maximum Gasteiger partial charge on any atom is 0.0921 e. The van der Waals surface area contributed by atoms with Gasteiger partial charge < -0.3 is 10.1 Å². The molecule has 15 heavy (non-hydrogen) atoms. The normalized spacial score (nSPS) is 16.4. The van der Waals surface area contributed by atoms with E-state index in [9.17, 15) is 5.11 Å². The second kappa shape index (κ2) is 4.28. The highest BCUT2D eigenvalue weighted by molar-refractivity contribution is 5.35. The van der Waals surface area contributed by atoms with E-state index in [0.29, 0.717) is 11.1 Å². The van der Waals surface area contributed by atoms with E-state index in [1.165, 1.54) is 24.7 Å². The van der Waals surface area contributed by atoms with Crippen LogP contribution in [0.3, 0.4) is 0 Å². The standard InChI is InChI=1S/C12H14N2O/c1-9-10(3-2-4-11(9)7-15)5-12-6-13-8-14-12/h2-4,6,8,15H,5,7H2,1H3,(H,13,14)/i5D2,7D2. The number of hydrogen-bond donors (Lipinski definition) is 2. The molecule has 0 saturated heterocycles. The van der Waals surface area contributed by atoms with E-state index < -0.39 is 12.9 Å². The highest BCUT2D eigenvalue weighted by atomic mass is 16.3. The average Bonchev–Trinajstić information content (AvgIpc) is 2.81. The second-order valence-corrected chi connectivity index (χ2v) is 3.18. The molecule has 0 aliphatic carbocycles. The Bertz CT molecular complexity index is 576. The van der Waals surface area contributed by atoms with Gasteiger partial charge in [-0.25, -0.2) is 4.98 Å². The van der Waals surface area contributed by atoms with Crippen molar-refractivity contribution in [2.75, 3.05) is 0 Å². The number of aliphatic hydroxyl groups is 1. The van der Waals surface area contributed by atoms with Crippen molar-refractivity contribution in [1.82, 2.24) is 9.97 Å². The minimum atomic E-state index is -2.50. The summed E-state index contributed by atoms with van der Waals surface area (Å²) in [5.74, 6) is 0. The number of nitrogens with zero attached hydrogens (tertiary/aromatic N) is 1. The maximum atomic E-state index is 9.48. The van der Waals surface area contributed by atoms with Crippen LogP contribution in [0.5, 0.6) is 0 Å². The van der Waals surface area contributed by atoms with Crippen LogP contribution >= 0.6 is 0 Å². The van der Waals surface area contributed by atoms with Crippen molar-refractivity contribution in [3.63, 3.8) is 0 Å². The average molecular weight is 206 g/mol. The van der Waals surface area contributed by atoms with Gasteiger partial charge in [0.1, 0.15) is 0 Å². The van der Waals surface area contributed by atoms with Gasteiger partial charge in [0.25, 0.3) is 0 Å². The van der Waals surface area contributed by atoms with Crippen molar-refractivity contribution in [3.8, 4) is 0 Å². The lowest BCUT2D eigenvalue weighted by Crippen LogP contribution is -1.96. The maximum absolute atomic E-state index is 9.48. The Kier molecular flexibility index (Phi) is 1.73. The zero-order valence-electron chi connectivity index (χ0n) is 12.3. The SMILES string of the molecule is [2H]C([2H])(O)c1cccc(C([2H])([2H])c2cnc[nH]2)c1C. The molecular weight excluding hydrogens is 188 g/mol. The summed E-state index contributed by atoms with van der Waals surface area (Å²) in [5.41, 5.74) is 1.03. The van der Waals surface area contributed by atoms with Crippen LogP contribution in [0.2, 0.25) is 0 Å². The number of nitrogens with one attached hydrogen (secondary N) is 1. The second-order valence-electron chi connectivity index (χ2n) is 3.18. The molecule has 3 heteroatoms. The molecule has 0 radical (unpaired) electrons. The van der Waals surface area contributed by atoms with E-state index in [4.69, 9.17) is 5.48 Å². The Labute approximate surface area is 94.4 Å². The summed E-state index contributed by atoms with van der Waals surface area (Å²) in [6.07, 6.45) is 0.944. The van der Waals surface area contributed by atoms with Crippen LogP contribution in [0.15, 0.2) is 30.7 Å². The predicted molar refractivity (Wildman–Crippen MR) is 58.5 cm³/mol. The molecular formula is C12H14N2O. The van der Waals surface area contributed by atoms with Crippen molar-refractivity contribution < 1.29 is 10.6 Å². The van der Waals surface area contributed by atoms with Gasteiger partial charge in [0.05, 0.1) is 15.6 Å². The smallest absolute Gasteiger partial charge is 0.0921 e. The topological polar surface area (TPSA) is 48.9 Å². The lowest BCUT2D eigenvalue weighted by Gasteiger charge is -2.08. The molecule has 1 aromatic heterocycles. The van der Waals surface area contributed by atoms with Gasteiger partial charge in [-0.15, -0.1) is 0 Å². The number of H-pyrrole nitrogens is 1. The van der Waals surface area contributed by atoms with E-state index >= 15 is 0 Å². The summed E-state index contributed by atoms with van der Waals surface area (Å²) in [4.78, 5) is 6.51. The lowest BCUT2D eigenvalue weighted by atomic mass is 9.99. The Morgan fingerprint density at radius 3 is 2.93 bits per heavy atom. The molecule has 2 aromatic rings. The van der Waals surface area contributed by atoms with Gasteiger partial charge in [0, 0.05) is 21.0 Å². The first kappa shape index (κ1) is 6.08. The quantitative estimate of drug-likeness (QED) is 0.804. The number of benzene rings is 1. The summed E-state index contributed by atoms with van der Waals surface area (Å²) in [6.45, 7) is -0.906. The molecule has 0 spiro atoms. The largest absolute Gasteiger partial charge is 0.392 e. The molecule has 2 rings (SSSR count). The zero-order valence-corrected chi connectivity index (χ0v) is 8.28. The lowest BCUT2D eigenvalue weighted by molar-refractivity contribution is 0.281. The highest BCUT2D eigenvalue weighted by Gasteiger charge is 2.04. The summed E-state index contributed by atoms with van der Waals surface area (Å²) in [6, 6.07) is 4.55. The molecule has 0 saturated carbocycles. The summed E-state index contributed by atoms with van der Waals surface area (Å²) < 4.78 is 31.1. The van der Waals surface area contributed by atoms with Gasteiger partial charge in [-0.3, -0.25) is 0 Å². The van der Waals surface area contributed by atoms with Crippen LogP contribution in [0.4, 0.5) is 0 Å². The molecule has 0 unspecified atom stereocenters. The fourth-order valence-corrected chi connectivity index (χ4v) is 1.36. The van der Waals surface area contributed by atoms with Crippen molar-refractivity contribution in [3.05, 3.63) is 53.1 Å². The van der Waals surface area contributed by atoms with E-state index in [0.717, 1.165) is 0 Å². The Balaban J connectivity index is 2.58. The molecule has 0 aliphatic rings. The van der Waals surface area contributed by atoms with Gasteiger partial charge in [0.2, 0.25) is 0 Å². The van der Waals surface area contributed by atoms with Crippen LogP contribution in [0.25, 0.3) is 0 Å². The highest BCUT2D eigenvalue weighted by Crippen LogP contribution is 2.16. The van der Waals surface area contributed by atoms with E-state index in [1.807, 2.05) is 0 Å². The third kappa shape index (κ3) is 2.07. The van der Waals surface area contributed by atoms with E-state index in [1.54, 1.807) is 13.0 Å². The molecule has 0 atom stereocenters. The molecule has 1 aromatic carbocycles. The third-order valence-electron chi connectivity index (χ3n) is 2.22. The van der Waals surface area contributed by atoms with Gasteiger partial charge in [0.15, 0.2) is 0 Å². The molecule has 78 valence electrons. The van der Waals surface area contributed by atoms with E-state index in [-0.39, 0.29) is 11.3 Å². The molecule has 0 amide bonds. The first-order valence-electron chi connectivity index (χ1n) is 6.56. The number of imidazole rings is 1. The van der Waals surface area contributed by atoms with Crippen LogP contribution in [0, 0.1) is 6.92 Å². The van der Waals surface area contributed by atoms with Crippen LogP contribution in [-0.4, -0.2) is 15.1 Å². The van der Waals surface area contributed by atoms with Crippen LogP contribution < -0.4 is 0 Å². The van der Waals surface area contributed by atoms with Crippen molar-refractivity contribution in [2.45, 2.75) is 19.9 Å². The Morgan fingerprint density at radius 2 is 2.27 bits per heavy atom. The van der Waals surface area contributed by atoms with E-state index in [2.05, 4.69) is 9.97 Å². The van der Waals surface area contributed by atoms with Gasteiger partial charge in [-0.1, -0.05) is 18.2 Å². The number of aromatic amines is 1. The molecule has 2 N–H and O–H groups in total. The van der Waals surface area contributed by atoms with Crippen molar-refractivity contribution in [1.29, 1.82) is 0 Å². The fourth-order valence-electron chi connectivity index (χ4n) is 1.36. The fraction of sp³-hybridized carbons (Fsp3) is 0.250. The number of aromatic nitrogens is 2. The Hall–Kier alpha value is -1.61. The molecule has 0 bridgehead atoms. The van der Waals surface area contributed by atoms with Crippen molar-refractivity contribution in [2.24, 2.45) is 0 Å². The third-order valence-corrected chi connectivity index (χ3v) is 2.22. The molecule has 0 fully saturated rings. The first-order chi connectivity index (χ1) is 8.74. The first-order valence-corrected chi connectivity index (χ1v) is 4.56. The minimum absolute atomic E-state index is 0.0633. The van der Waals surface area contributed by atoms with Crippen molar-refractivity contribution >= 4 is 0 Å². The summed E-state index contributed by atoms with van der Waals surface area (Å²) in [7, 11) is 0.